The Kier molecular flexibility index (Phi) is 5.36. The van der Waals surface area contributed by atoms with Crippen LogP contribution in [-0.2, 0) is 12.7 Å². The Morgan fingerprint density at radius 2 is 2.03 bits per heavy atom. The van der Waals surface area contributed by atoms with E-state index < -0.39 is 17.8 Å². The number of hydrogen-bond donors (Lipinski definition) is 1. The molecule has 0 spiro atoms. The van der Waals surface area contributed by atoms with Crippen molar-refractivity contribution in [3.8, 4) is 0 Å². The normalized spacial score (nSPS) is 17.3. The first kappa shape index (κ1) is 20.2. The van der Waals surface area contributed by atoms with E-state index >= 15 is 0 Å². The Balaban J connectivity index is 1.47. The van der Waals surface area contributed by atoms with E-state index in [0.29, 0.717) is 19.6 Å². The smallest absolute Gasteiger partial charge is 0.324 e. The zero-order valence-corrected chi connectivity index (χ0v) is 16.5. The number of fused-ring (bicyclic) bond motifs is 1. The summed E-state index contributed by atoms with van der Waals surface area (Å²) >= 11 is 0. The number of rotatable bonds is 3. The molecular formula is C21H22F3N5O. The lowest BCUT2D eigenvalue weighted by Crippen LogP contribution is -2.43. The van der Waals surface area contributed by atoms with Gasteiger partial charge in [-0.2, -0.15) is 13.2 Å². The summed E-state index contributed by atoms with van der Waals surface area (Å²) in [6.07, 6.45) is -1.09. The highest BCUT2D eigenvalue weighted by atomic mass is 19.4. The number of aromatic nitrogens is 3. The molecule has 1 aliphatic heterocycles. The number of nitrogens with one attached hydrogen (secondary N) is 1. The minimum atomic E-state index is -4.53. The fourth-order valence-electron chi connectivity index (χ4n) is 3.98. The van der Waals surface area contributed by atoms with Crippen LogP contribution in [-0.4, -0.2) is 38.6 Å². The van der Waals surface area contributed by atoms with Gasteiger partial charge in [-0.1, -0.05) is 12.1 Å². The Bertz CT molecular complexity index is 1060. The maximum absolute atomic E-state index is 13.2. The molecule has 4 rings (SSSR count). The summed E-state index contributed by atoms with van der Waals surface area (Å²) in [6, 6.07) is 8.26. The van der Waals surface area contributed by atoms with Gasteiger partial charge in [0.2, 0.25) is 0 Å². The molecule has 3 aromatic rings. The lowest BCUT2D eigenvalue weighted by molar-refractivity contribution is -0.136. The highest BCUT2D eigenvalue weighted by molar-refractivity contribution is 5.90. The lowest BCUT2D eigenvalue weighted by Gasteiger charge is -2.33. The Morgan fingerprint density at radius 3 is 2.83 bits per heavy atom. The first-order valence-corrected chi connectivity index (χ1v) is 9.83. The summed E-state index contributed by atoms with van der Waals surface area (Å²) in [5.74, 6) is 1.02. The summed E-state index contributed by atoms with van der Waals surface area (Å²) in [6.45, 7) is 3.55. The van der Waals surface area contributed by atoms with Crippen molar-refractivity contribution in [2.45, 2.75) is 32.5 Å². The number of halogens is 3. The van der Waals surface area contributed by atoms with Gasteiger partial charge in [-0.15, -0.1) is 0 Å². The number of carbonyl (C=O) groups is 1. The molecule has 6 nitrogen and oxygen atoms in total. The number of piperidine rings is 1. The molecule has 2 aromatic heterocycles. The number of amides is 2. The van der Waals surface area contributed by atoms with Crippen LogP contribution in [0, 0.1) is 12.8 Å². The molecule has 0 radical (unpaired) electrons. The molecule has 0 aliphatic carbocycles. The molecule has 1 aromatic carbocycles. The molecule has 3 heterocycles. The summed E-state index contributed by atoms with van der Waals surface area (Å²) < 4.78 is 41.6. The average molecular weight is 417 g/mol. The van der Waals surface area contributed by atoms with E-state index in [1.807, 2.05) is 23.6 Å². The molecule has 1 atom stereocenters. The van der Waals surface area contributed by atoms with Crippen molar-refractivity contribution in [1.82, 2.24) is 19.4 Å². The third-order valence-electron chi connectivity index (χ3n) is 5.42. The second-order valence-electron chi connectivity index (χ2n) is 7.54. The summed E-state index contributed by atoms with van der Waals surface area (Å²) in [5, 5.41) is 2.44. The molecule has 30 heavy (non-hydrogen) atoms. The minimum absolute atomic E-state index is 0.167. The van der Waals surface area contributed by atoms with Crippen LogP contribution in [0.2, 0.25) is 0 Å². The summed E-state index contributed by atoms with van der Waals surface area (Å²) in [4.78, 5) is 23.2. The number of imidazole rings is 1. The number of urea groups is 1. The van der Waals surface area contributed by atoms with Crippen LogP contribution >= 0.6 is 0 Å². The summed E-state index contributed by atoms with van der Waals surface area (Å²) in [5.41, 5.74) is 0.552. The number of nitrogens with zero attached hydrogens (tertiary/aromatic N) is 4. The van der Waals surface area contributed by atoms with Gasteiger partial charge in [-0.25, -0.2) is 14.8 Å². The standard InChI is InChI=1S/C21H22F3N5O/c1-14-26-18-9-4-10-25-19(18)29(14)13-15-6-5-11-28(12-15)20(30)27-17-8-3-2-7-16(17)21(22,23)24/h2-4,7-10,15H,5-6,11-13H2,1H3,(H,27,30). The maximum atomic E-state index is 13.2. The quantitative estimate of drug-likeness (QED) is 0.672. The zero-order valence-electron chi connectivity index (χ0n) is 16.5. The molecule has 1 fully saturated rings. The second kappa shape index (κ2) is 7.97. The van der Waals surface area contributed by atoms with Crippen LogP contribution in [0.25, 0.3) is 11.2 Å². The Hall–Kier alpha value is -3.10. The number of hydrogen-bond acceptors (Lipinski definition) is 3. The van der Waals surface area contributed by atoms with Crippen LogP contribution in [0.3, 0.4) is 0 Å². The minimum Gasteiger partial charge on any atom is -0.324 e. The third-order valence-corrected chi connectivity index (χ3v) is 5.42. The fraction of sp³-hybridized carbons (Fsp3) is 0.381. The van der Waals surface area contributed by atoms with Crippen LogP contribution in [0.5, 0.6) is 0 Å². The molecule has 1 N–H and O–H groups in total. The number of anilines is 1. The van der Waals surface area contributed by atoms with Gasteiger partial charge >= 0.3 is 12.2 Å². The molecule has 1 unspecified atom stereocenters. The number of likely N-dealkylation sites (tertiary alicyclic amines) is 1. The van der Waals surface area contributed by atoms with Gasteiger partial charge in [0.1, 0.15) is 11.3 Å². The molecule has 1 aliphatic rings. The topological polar surface area (TPSA) is 63.1 Å². The van der Waals surface area contributed by atoms with Crippen LogP contribution in [0.15, 0.2) is 42.6 Å². The van der Waals surface area contributed by atoms with E-state index in [0.717, 1.165) is 35.9 Å². The highest BCUT2D eigenvalue weighted by Gasteiger charge is 2.34. The lowest BCUT2D eigenvalue weighted by atomic mass is 9.98. The van der Waals surface area contributed by atoms with E-state index in [-0.39, 0.29) is 11.6 Å². The van der Waals surface area contributed by atoms with Gasteiger partial charge in [0, 0.05) is 25.8 Å². The second-order valence-corrected chi connectivity index (χ2v) is 7.54. The maximum Gasteiger partial charge on any atom is 0.418 e. The Labute approximate surface area is 171 Å². The highest BCUT2D eigenvalue weighted by Crippen LogP contribution is 2.34. The predicted octanol–water partition coefficient (Wildman–Crippen LogP) is 4.70. The van der Waals surface area contributed by atoms with Gasteiger partial charge < -0.3 is 14.8 Å². The molecular weight excluding hydrogens is 395 g/mol. The van der Waals surface area contributed by atoms with Crippen molar-refractivity contribution in [2.24, 2.45) is 5.92 Å². The first-order valence-electron chi connectivity index (χ1n) is 9.83. The SMILES string of the molecule is Cc1nc2cccnc2n1CC1CCCN(C(=O)Nc2ccccc2C(F)(F)F)C1. The van der Waals surface area contributed by atoms with E-state index in [2.05, 4.69) is 15.3 Å². The fourth-order valence-corrected chi connectivity index (χ4v) is 3.98. The molecule has 9 heteroatoms. The van der Waals surface area contributed by atoms with Gasteiger partial charge in [-0.05, 0) is 49.9 Å². The van der Waals surface area contributed by atoms with Crippen molar-refractivity contribution >= 4 is 22.9 Å². The van der Waals surface area contributed by atoms with E-state index in [1.165, 1.54) is 18.2 Å². The van der Waals surface area contributed by atoms with Gasteiger partial charge in [0.25, 0.3) is 0 Å². The van der Waals surface area contributed by atoms with Crippen LogP contribution < -0.4 is 5.32 Å². The van der Waals surface area contributed by atoms with Gasteiger partial charge in [0.15, 0.2) is 5.65 Å². The molecule has 0 saturated carbocycles. The number of para-hydroxylation sites is 1. The molecule has 1 saturated heterocycles. The number of aryl methyl sites for hydroxylation is 1. The number of carbonyl (C=O) groups excluding carboxylic acids is 1. The first-order chi connectivity index (χ1) is 14.3. The van der Waals surface area contributed by atoms with Crippen molar-refractivity contribution in [3.63, 3.8) is 0 Å². The van der Waals surface area contributed by atoms with Crippen molar-refractivity contribution in [3.05, 3.63) is 54.0 Å². The number of pyridine rings is 1. The average Bonchev–Trinajstić information content (AvgIpc) is 3.03. The molecule has 158 valence electrons. The largest absolute Gasteiger partial charge is 0.418 e. The number of benzene rings is 1. The third kappa shape index (κ3) is 4.10. The number of alkyl halides is 3. The Morgan fingerprint density at radius 1 is 1.23 bits per heavy atom. The molecule has 0 bridgehead atoms. The van der Waals surface area contributed by atoms with Crippen molar-refractivity contribution in [2.75, 3.05) is 18.4 Å². The molecule has 2 amide bonds. The van der Waals surface area contributed by atoms with Crippen molar-refractivity contribution < 1.29 is 18.0 Å². The van der Waals surface area contributed by atoms with Crippen LogP contribution in [0.4, 0.5) is 23.7 Å². The summed E-state index contributed by atoms with van der Waals surface area (Å²) in [7, 11) is 0. The van der Waals surface area contributed by atoms with E-state index in [1.54, 1.807) is 11.1 Å². The van der Waals surface area contributed by atoms with Crippen LogP contribution in [0.1, 0.15) is 24.2 Å². The van der Waals surface area contributed by atoms with E-state index in [4.69, 9.17) is 0 Å². The van der Waals surface area contributed by atoms with E-state index in [9.17, 15) is 18.0 Å². The zero-order chi connectivity index (χ0) is 21.3. The predicted molar refractivity (Wildman–Crippen MR) is 107 cm³/mol. The van der Waals surface area contributed by atoms with Gasteiger partial charge in [0.05, 0.1) is 11.3 Å². The van der Waals surface area contributed by atoms with Crippen molar-refractivity contribution in [1.29, 1.82) is 0 Å². The van der Waals surface area contributed by atoms with Gasteiger partial charge in [-0.3, -0.25) is 0 Å². The monoisotopic (exact) mass is 417 g/mol.